The second-order valence-corrected chi connectivity index (χ2v) is 12.1. The van der Waals surface area contributed by atoms with Gasteiger partial charge in [0, 0.05) is 37.8 Å². The van der Waals surface area contributed by atoms with Crippen LogP contribution < -0.4 is 20.1 Å². The SMILES string of the molecule is CNC(=O)CS(=O)(=O)N1CCC(CNC(=O)c2ccc3c(c2)nc(C(F)(F)F)n3Cc2cccc3c2OC(F)(F)O3)CC1. The van der Waals surface area contributed by atoms with Gasteiger partial charge >= 0.3 is 12.5 Å². The van der Waals surface area contributed by atoms with Gasteiger partial charge in [0.2, 0.25) is 21.8 Å². The summed E-state index contributed by atoms with van der Waals surface area (Å²) in [4.78, 5) is 28.0. The largest absolute Gasteiger partial charge is 0.586 e. The number of imidazole rings is 1. The molecule has 0 bridgehead atoms. The number of rotatable bonds is 8. The molecule has 2 aliphatic rings. The molecule has 1 fully saturated rings. The molecule has 3 aromatic rings. The molecule has 0 saturated carbocycles. The van der Waals surface area contributed by atoms with Crippen LogP contribution in [0.4, 0.5) is 22.0 Å². The molecule has 0 spiro atoms. The Bertz CT molecular complexity index is 1670. The van der Waals surface area contributed by atoms with Crippen LogP contribution in [0.3, 0.4) is 0 Å². The number of alkyl halides is 5. The van der Waals surface area contributed by atoms with Crippen molar-refractivity contribution in [2.45, 2.75) is 31.9 Å². The molecule has 43 heavy (non-hydrogen) atoms. The molecule has 232 valence electrons. The molecule has 0 atom stereocenters. The summed E-state index contributed by atoms with van der Waals surface area (Å²) in [5.41, 5.74) is -0.0654. The number of nitrogens with zero attached hydrogens (tertiary/aromatic N) is 3. The molecule has 11 nitrogen and oxygen atoms in total. The van der Waals surface area contributed by atoms with Crippen molar-refractivity contribution in [3.8, 4) is 11.5 Å². The van der Waals surface area contributed by atoms with Crippen LogP contribution in [-0.4, -0.2) is 72.8 Å². The van der Waals surface area contributed by atoms with Crippen molar-refractivity contribution in [3.63, 3.8) is 0 Å². The Hall–Kier alpha value is -3.99. The zero-order chi connectivity index (χ0) is 31.2. The number of piperidine rings is 1. The third-order valence-electron chi connectivity index (χ3n) is 7.21. The Labute approximate surface area is 242 Å². The number of carbonyl (C=O) groups excluding carboxylic acids is 2. The number of hydrogen-bond acceptors (Lipinski definition) is 7. The average Bonchev–Trinajstić information content (AvgIpc) is 3.47. The van der Waals surface area contributed by atoms with Crippen LogP contribution >= 0.6 is 0 Å². The summed E-state index contributed by atoms with van der Waals surface area (Å²) >= 11 is 0. The Morgan fingerprint density at radius 2 is 1.84 bits per heavy atom. The number of ether oxygens (including phenoxy) is 2. The van der Waals surface area contributed by atoms with Crippen molar-refractivity contribution in [3.05, 3.63) is 53.3 Å². The normalized spacial score (nSPS) is 17.3. The Morgan fingerprint density at radius 3 is 2.51 bits per heavy atom. The van der Waals surface area contributed by atoms with E-state index in [9.17, 15) is 40.0 Å². The van der Waals surface area contributed by atoms with Crippen LogP contribution in [0.5, 0.6) is 11.5 Å². The number of benzene rings is 2. The number of fused-ring (bicyclic) bond motifs is 2. The predicted octanol–water partition coefficient (Wildman–Crippen LogP) is 2.94. The van der Waals surface area contributed by atoms with Crippen LogP contribution in [0.15, 0.2) is 36.4 Å². The van der Waals surface area contributed by atoms with Crippen molar-refractivity contribution < 1.29 is 49.4 Å². The first kappa shape index (κ1) is 30.5. The third kappa shape index (κ3) is 6.51. The number of amides is 2. The van der Waals surface area contributed by atoms with Crippen LogP contribution in [0.25, 0.3) is 11.0 Å². The number of halogens is 5. The molecule has 0 radical (unpaired) electrons. The number of para-hydroxylation sites is 1. The summed E-state index contributed by atoms with van der Waals surface area (Å²) < 4.78 is 105. The highest BCUT2D eigenvalue weighted by molar-refractivity contribution is 7.89. The van der Waals surface area contributed by atoms with E-state index in [0.717, 1.165) is 4.57 Å². The molecule has 1 saturated heterocycles. The maximum absolute atomic E-state index is 14.0. The summed E-state index contributed by atoms with van der Waals surface area (Å²) in [6.07, 6.45) is -7.97. The molecule has 17 heteroatoms. The molecule has 0 aliphatic carbocycles. The van der Waals surface area contributed by atoms with E-state index >= 15 is 0 Å². The molecule has 2 N–H and O–H groups in total. The fourth-order valence-electron chi connectivity index (χ4n) is 5.03. The van der Waals surface area contributed by atoms with E-state index in [1.165, 1.54) is 47.8 Å². The zero-order valence-corrected chi connectivity index (χ0v) is 23.4. The lowest BCUT2D eigenvalue weighted by Crippen LogP contribution is -2.44. The molecule has 0 unspecified atom stereocenters. The van der Waals surface area contributed by atoms with Gasteiger partial charge in [-0.3, -0.25) is 9.59 Å². The van der Waals surface area contributed by atoms with E-state index in [2.05, 4.69) is 25.1 Å². The third-order valence-corrected chi connectivity index (χ3v) is 8.99. The van der Waals surface area contributed by atoms with Crippen LogP contribution in [0, 0.1) is 5.92 Å². The van der Waals surface area contributed by atoms with Gasteiger partial charge in [-0.25, -0.2) is 17.7 Å². The standard InChI is InChI=1S/C26H26F5N5O6S/c1-32-21(37)14-43(39,40)35-9-7-15(8-10-35)12-33-23(38)16-5-6-19-18(11-16)34-24(25(27,28)29)36(19)13-17-3-2-4-20-22(17)42-26(30,31)41-20/h2-6,11,15H,7-10,12-14H2,1H3,(H,32,37)(H,33,38). The minimum atomic E-state index is -4.90. The summed E-state index contributed by atoms with van der Waals surface area (Å²) in [5.74, 6) is -3.86. The van der Waals surface area contributed by atoms with Gasteiger partial charge in [-0.2, -0.15) is 13.2 Å². The van der Waals surface area contributed by atoms with Crippen LogP contribution in [0.1, 0.15) is 34.6 Å². The number of nitrogens with one attached hydrogen (secondary N) is 2. The van der Waals surface area contributed by atoms with Gasteiger partial charge in [0.15, 0.2) is 11.5 Å². The minimum Gasteiger partial charge on any atom is -0.395 e. The van der Waals surface area contributed by atoms with Crippen LogP contribution in [-0.2, 0) is 27.5 Å². The highest BCUT2D eigenvalue weighted by Gasteiger charge is 2.45. The topological polar surface area (TPSA) is 132 Å². The van der Waals surface area contributed by atoms with Gasteiger partial charge in [0.05, 0.1) is 17.6 Å². The van der Waals surface area contributed by atoms with Gasteiger partial charge in [-0.15, -0.1) is 8.78 Å². The zero-order valence-electron chi connectivity index (χ0n) is 22.6. The van der Waals surface area contributed by atoms with Crippen molar-refractivity contribution in [2.24, 2.45) is 5.92 Å². The lowest BCUT2D eigenvalue weighted by Gasteiger charge is -2.31. The molecule has 2 aromatic carbocycles. The first-order valence-electron chi connectivity index (χ1n) is 13.1. The first-order chi connectivity index (χ1) is 20.2. The van der Waals surface area contributed by atoms with Gasteiger partial charge < -0.3 is 24.7 Å². The molecule has 1 aromatic heterocycles. The first-order valence-corrected chi connectivity index (χ1v) is 14.7. The van der Waals surface area contributed by atoms with Gasteiger partial charge in [0.1, 0.15) is 5.75 Å². The Balaban J connectivity index is 1.28. The Kier molecular flexibility index (Phi) is 7.98. The predicted molar refractivity (Wildman–Crippen MR) is 141 cm³/mol. The maximum Gasteiger partial charge on any atom is 0.586 e. The molecule has 2 aliphatic heterocycles. The van der Waals surface area contributed by atoms with E-state index in [1.807, 2.05) is 0 Å². The number of aromatic nitrogens is 2. The van der Waals surface area contributed by atoms with E-state index in [1.54, 1.807) is 0 Å². The molecule has 5 rings (SSSR count). The van der Waals surface area contributed by atoms with Crippen molar-refractivity contribution in [1.82, 2.24) is 24.5 Å². The monoisotopic (exact) mass is 631 g/mol. The quantitative estimate of drug-likeness (QED) is 0.366. The van der Waals surface area contributed by atoms with Crippen LogP contribution in [0.2, 0.25) is 0 Å². The van der Waals surface area contributed by atoms with Gasteiger partial charge in [-0.05, 0) is 43.0 Å². The molecular weight excluding hydrogens is 605 g/mol. The maximum atomic E-state index is 14.0. The second kappa shape index (κ2) is 11.3. The van der Waals surface area contributed by atoms with Crippen molar-refractivity contribution in [1.29, 1.82) is 0 Å². The second-order valence-electron chi connectivity index (χ2n) is 10.1. The van der Waals surface area contributed by atoms with Gasteiger partial charge in [0.25, 0.3) is 5.91 Å². The Morgan fingerprint density at radius 1 is 1.12 bits per heavy atom. The van der Waals surface area contributed by atoms with Gasteiger partial charge in [-0.1, -0.05) is 12.1 Å². The molecule has 2 amide bonds. The highest BCUT2D eigenvalue weighted by Crippen LogP contribution is 2.44. The smallest absolute Gasteiger partial charge is 0.395 e. The lowest BCUT2D eigenvalue weighted by molar-refractivity contribution is -0.287. The number of hydrogen-bond donors (Lipinski definition) is 2. The molecule has 3 heterocycles. The number of carbonyl (C=O) groups is 2. The fraction of sp³-hybridized carbons (Fsp3) is 0.423. The van der Waals surface area contributed by atoms with E-state index in [-0.39, 0.29) is 59.2 Å². The summed E-state index contributed by atoms with van der Waals surface area (Å²) in [6, 6.07) is 7.71. The molecular formula is C26H26F5N5O6S. The fourth-order valence-corrected chi connectivity index (χ4v) is 6.45. The van der Waals surface area contributed by atoms with Crippen molar-refractivity contribution >= 4 is 32.9 Å². The minimum absolute atomic E-state index is 0.00812. The summed E-state index contributed by atoms with van der Waals surface area (Å²) in [7, 11) is -2.41. The lowest BCUT2D eigenvalue weighted by atomic mass is 9.98. The summed E-state index contributed by atoms with van der Waals surface area (Å²) in [5, 5.41) is 5.00. The summed E-state index contributed by atoms with van der Waals surface area (Å²) in [6.45, 7) is 0.0527. The van der Waals surface area contributed by atoms with Crippen molar-refractivity contribution in [2.75, 3.05) is 32.4 Å². The highest BCUT2D eigenvalue weighted by atomic mass is 32.2. The van der Waals surface area contributed by atoms with E-state index in [0.29, 0.717) is 12.8 Å². The van der Waals surface area contributed by atoms with E-state index < -0.39 is 52.4 Å². The average molecular weight is 632 g/mol. The number of sulfonamides is 1. The van der Waals surface area contributed by atoms with E-state index in [4.69, 9.17) is 0 Å².